The highest BCUT2D eigenvalue weighted by atomic mass is 79.9. The van der Waals surface area contributed by atoms with Crippen LogP contribution in [0.2, 0.25) is 0 Å². The van der Waals surface area contributed by atoms with E-state index in [1.54, 1.807) is 7.11 Å². The van der Waals surface area contributed by atoms with Crippen molar-refractivity contribution >= 4 is 55.2 Å². The third-order valence-electron chi connectivity index (χ3n) is 6.68. The molecular formula is C33H32Br2N2O. The zero-order chi connectivity index (χ0) is 27.5. The molecule has 0 radical (unpaired) electrons. The predicted molar refractivity (Wildman–Crippen MR) is 165 cm³/mol. The number of rotatable bonds is 11. The average molecular weight is 632 g/mol. The number of benzene rings is 3. The molecule has 0 aliphatic carbocycles. The van der Waals surface area contributed by atoms with Crippen molar-refractivity contribution in [3.63, 3.8) is 0 Å². The molecule has 1 unspecified atom stereocenters. The van der Waals surface area contributed by atoms with Crippen LogP contribution in [0.5, 0.6) is 5.75 Å². The Kier molecular flexibility index (Phi) is 11.4. The fourth-order valence-electron chi connectivity index (χ4n) is 4.49. The van der Waals surface area contributed by atoms with Crippen molar-refractivity contribution in [1.29, 1.82) is 10.5 Å². The maximum Gasteiger partial charge on any atom is 0.120 e. The standard InChI is InChI=1S/C33H32Br2N2O/c1-4-6-7-23(5-2)18-33-31(26(21-36)16-24-8-12-28(34)13-9-24)19-30(38-3)20-32(33)27(22-37)17-25-10-14-29(35)15-11-25/h8-17,19-20,23H,4-7,18H2,1-3H3. The number of halogens is 2. The lowest BCUT2D eigenvalue weighted by Crippen LogP contribution is -2.09. The van der Waals surface area contributed by atoms with Crippen LogP contribution in [-0.4, -0.2) is 7.11 Å². The van der Waals surface area contributed by atoms with E-state index in [9.17, 15) is 10.5 Å². The molecule has 0 N–H and O–H groups in total. The van der Waals surface area contributed by atoms with Crippen LogP contribution in [0.4, 0.5) is 0 Å². The van der Waals surface area contributed by atoms with Crippen LogP contribution in [-0.2, 0) is 6.42 Å². The van der Waals surface area contributed by atoms with Crippen LogP contribution in [0, 0.1) is 28.6 Å². The van der Waals surface area contributed by atoms with Gasteiger partial charge in [-0.3, -0.25) is 0 Å². The number of nitriles is 2. The Hall–Kier alpha value is -3.12. The van der Waals surface area contributed by atoms with Crippen molar-refractivity contribution in [2.45, 2.75) is 46.0 Å². The van der Waals surface area contributed by atoms with Crippen LogP contribution < -0.4 is 4.74 Å². The summed E-state index contributed by atoms with van der Waals surface area (Å²) in [7, 11) is 1.62. The molecule has 0 aliphatic heterocycles. The zero-order valence-corrected chi connectivity index (χ0v) is 25.3. The minimum absolute atomic E-state index is 0.445. The topological polar surface area (TPSA) is 56.8 Å². The summed E-state index contributed by atoms with van der Waals surface area (Å²) in [6.07, 6.45) is 9.02. The Labute approximate surface area is 243 Å². The Morgan fingerprint density at radius 2 is 1.32 bits per heavy atom. The van der Waals surface area contributed by atoms with Gasteiger partial charge in [-0.2, -0.15) is 10.5 Å². The molecule has 3 aromatic rings. The molecule has 0 amide bonds. The Morgan fingerprint density at radius 3 is 1.68 bits per heavy atom. The lowest BCUT2D eigenvalue weighted by molar-refractivity contribution is 0.413. The molecule has 194 valence electrons. The molecule has 3 nitrogen and oxygen atoms in total. The van der Waals surface area contributed by atoms with Gasteiger partial charge >= 0.3 is 0 Å². The zero-order valence-electron chi connectivity index (χ0n) is 22.1. The summed E-state index contributed by atoms with van der Waals surface area (Å²) in [4.78, 5) is 0. The monoisotopic (exact) mass is 630 g/mol. The van der Waals surface area contributed by atoms with Crippen molar-refractivity contribution in [2.75, 3.05) is 7.11 Å². The number of allylic oxidation sites excluding steroid dienone is 2. The fraction of sp³-hybridized carbons (Fsp3) is 0.273. The van der Waals surface area contributed by atoms with E-state index in [2.05, 4.69) is 57.8 Å². The molecule has 3 aromatic carbocycles. The highest BCUT2D eigenvalue weighted by Gasteiger charge is 2.21. The maximum atomic E-state index is 10.3. The predicted octanol–water partition coefficient (Wildman–Crippen LogP) is 10.1. The van der Waals surface area contributed by atoms with Crippen molar-refractivity contribution in [2.24, 2.45) is 5.92 Å². The first-order valence-electron chi connectivity index (χ1n) is 12.9. The van der Waals surface area contributed by atoms with E-state index in [0.717, 1.165) is 68.9 Å². The number of nitrogens with zero attached hydrogens (tertiary/aromatic N) is 2. The first-order valence-corrected chi connectivity index (χ1v) is 14.5. The maximum absolute atomic E-state index is 10.3. The van der Waals surface area contributed by atoms with E-state index in [4.69, 9.17) is 4.74 Å². The quantitative estimate of drug-likeness (QED) is 0.156. The van der Waals surface area contributed by atoms with Gasteiger partial charge in [-0.1, -0.05) is 95.7 Å². The number of ether oxygens (including phenoxy) is 1. The van der Waals surface area contributed by atoms with Crippen LogP contribution >= 0.6 is 31.9 Å². The fourth-order valence-corrected chi connectivity index (χ4v) is 5.02. The molecule has 0 heterocycles. The lowest BCUT2D eigenvalue weighted by atomic mass is 9.83. The largest absolute Gasteiger partial charge is 0.497 e. The number of hydrogen-bond acceptors (Lipinski definition) is 3. The molecular weight excluding hydrogens is 600 g/mol. The molecule has 0 saturated carbocycles. The van der Waals surface area contributed by atoms with Gasteiger partial charge in [-0.15, -0.1) is 0 Å². The van der Waals surface area contributed by atoms with Crippen LogP contribution in [0.25, 0.3) is 23.3 Å². The third-order valence-corrected chi connectivity index (χ3v) is 7.74. The van der Waals surface area contributed by atoms with Crippen LogP contribution in [0.3, 0.4) is 0 Å². The van der Waals surface area contributed by atoms with Gasteiger partial charge in [-0.05, 0) is 88.7 Å². The first kappa shape index (κ1) is 29.4. The number of hydrogen-bond donors (Lipinski definition) is 0. The summed E-state index contributed by atoms with van der Waals surface area (Å²) >= 11 is 6.96. The molecule has 0 bridgehead atoms. The van der Waals surface area contributed by atoms with Gasteiger partial charge in [0.1, 0.15) is 5.75 Å². The summed E-state index contributed by atoms with van der Waals surface area (Å²) in [5.74, 6) is 1.07. The van der Waals surface area contributed by atoms with Gasteiger partial charge in [0.2, 0.25) is 0 Å². The molecule has 0 fully saturated rings. The Bertz CT molecular complexity index is 1280. The second kappa shape index (κ2) is 14.7. The van der Waals surface area contributed by atoms with E-state index in [1.807, 2.05) is 72.8 Å². The molecule has 0 spiro atoms. The van der Waals surface area contributed by atoms with Gasteiger partial charge in [0.05, 0.1) is 30.4 Å². The van der Waals surface area contributed by atoms with Gasteiger partial charge in [0.25, 0.3) is 0 Å². The Morgan fingerprint density at radius 1 is 0.842 bits per heavy atom. The number of methoxy groups -OCH3 is 1. The summed E-state index contributed by atoms with van der Waals surface area (Å²) in [5, 5.41) is 20.6. The van der Waals surface area contributed by atoms with Crippen molar-refractivity contribution in [3.8, 4) is 17.9 Å². The normalized spacial score (nSPS) is 12.5. The van der Waals surface area contributed by atoms with Crippen molar-refractivity contribution in [3.05, 3.63) is 97.4 Å². The molecule has 0 saturated heterocycles. The third kappa shape index (κ3) is 7.94. The minimum Gasteiger partial charge on any atom is -0.497 e. The SMILES string of the molecule is CCCCC(CC)Cc1c(C(C#N)=Cc2ccc(Br)cc2)cc(OC)cc1C(C#N)=Cc1ccc(Br)cc1. The van der Waals surface area contributed by atoms with Gasteiger partial charge in [-0.25, -0.2) is 0 Å². The molecule has 0 aromatic heterocycles. The average Bonchev–Trinajstić information content (AvgIpc) is 2.94. The lowest BCUT2D eigenvalue weighted by Gasteiger charge is -2.21. The van der Waals surface area contributed by atoms with E-state index in [1.165, 1.54) is 0 Å². The highest BCUT2D eigenvalue weighted by Crippen LogP contribution is 2.36. The van der Waals surface area contributed by atoms with E-state index < -0.39 is 0 Å². The first-order chi connectivity index (χ1) is 18.4. The number of unbranched alkanes of at least 4 members (excludes halogenated alkanes) is 1. The molecule has 0 aliphatic rings. The molecule has 3 rings (SSSR count). The van der Waals surface area contributed by atoms with Gasteiger partial charge in [0, 0.05) is 8.95 Å². The van der Waals surface area contributed by atoms with E-state index in [0.29, 0.717) is 22.8 Å². The van der Waals surface area contributed by atoms with Gasteiger partial charge < -0.3 is 4.74 Å². The minimum atomic E-state index is 0.445. The second-order valence-corrected chi connectivity index (χ2v) is 11.1. The molecule has 1 atom stereocenters. The summed E-state index contributed by atoms with van der Waals surface area (Å²) in [5.41, 5.74) is 5.62. The summed E-state index contributed by atoms with van der Waals surface area (Å²) in [6, 6.07) is 24.5. The smallest absolute Gasteiger partial charge is 0.120 e. The second-order valence-electron chi connectivity index (χ2n) is 9.26. The van der Waals surface area contributed by atoms with Crippen LogP contribution in [0.1, 0.15) is 67.3 Å². The Balaban J connectivity index is 2.28. The van der Waals surface area contributed by atoms with Crippen LogP contribution in [0.15, 0.2) is 69.6 Å². The van der Waals surface area contributed by atoms with Gasteiger partial charge in [0.15, 0.2) is 0 Å². The van der Waals surface area contributed by atoms with E-state index >= 15 is 0 Å². The molecule has 5 heteroatoms. The molecule has 38 heavy (non-hydrogen) atoms. The van der Waals surface area contributed by atoms with Crippen molar-refractivity contribution < 1.29 is 4.74 Å². The summed E-state index contributed by atoms with van der Waals surface area (Å²) in [6.45, 7) is 4.43. The highest BCUT2D eigenvalue weighted by molar-refractivity contribution is 9.10. The van der Waals surface area contributed by atoms with Crippen molar-refractivity contribution in [1.82, 2.24) is 0 Å². The summed E-state index contributed by atoms with van der Waals surface area (Å²) < 4.78 is 7.65. The van der Waals surface area contributed by atoms with E-state index in [-0.39, 0.29) is 0 Å².